The van der Waals surface area contributed by atoms with Gasteiger partial charge in [-0.3, -0.25) is 18.9 Å². The molecule has 4 rings (SSSR count). The first-order valence-corrected chi connectivity index (χ1v) is 11.3. The van der Waals surface area contributed by atoms with Crippen LogP contribution in [0.3, 0.4) is 0 Å². The molecule has 0 unspecified atom stereocenters. The minimum absolute atomic E-state index is 0.179. The quantitative estimate of drug-likeness (QED) is 0.454. The van der Waals surface area contributed by atoms with E-state index in [1.54, 1.807) is 17.2 Å². The summed E-state index contributed by atoms with van der Waals surface area (Å²) in [5.74, 6) is 0.290. The summed E-state index contributed by atoms with van der Waals surface area (Å²) in [6, 6.07) is 13.7. The van der Waals surface area contributed by atoms with Gasteiger partial charge >= 0.3 is 0 Å². The number of hydrogen-bond donors (Lipinski definition) is 1. The van der Waals surface area contributed by atoms with Crippen LogP contribution in [-0.4, -0.2) is 37.6 Å². The minimum atomic E-state index is -0.223. The predicted octanol–water partition coefficient (Wildman–Crippen LogP) is 3.88. The van der Waals surface area contributed by atoms with E-state index < -0.39 is 0 Å². The van der Waals surface area contributed by atoms with E-state index in [1.807, 2.05) is 56.3 Å². The van der Waals surface area contributed by atoms with Gasteiger partial charge in [-0.05, 0) is 43.5 Å². The van der Waals surface area contributed by atoms with Crippen LogP contribution in [0.4, 0.5) is 5.82 Å². The minimum Gasteiger partial charge on any atom is -0.370 e. The Morgan fingerprint density at radius 3 is 2.68 bits per heavy atom. The summed E-state index contributed by atoms with van der Waals surface area (Å²) < 4.78 is 2.01. The lowest BCUT2D eigenvalue weighted by Gasteiger charge is -2.14. The van der Waals surface area contributed by atoms with E-state index in [9.17, 15) is 9.59 Å². The average Bonchev–Trinajstić information content (AvgIpc) is 3.03. The van der Waals surface area contributed by atoms with Crippen LogP contribution < -0.4 is 10.9 Å². The van der Waals surface area contributed by atoms with Gasteiger partial charge in [0.05, 0.1) is 10.5 Å². The number of aryl methyl sites for hydroxylation is 1. The molecule has 0 spiro atoms. The molecule has 0 aliphatic carbocycles. The number of thioether (sulfide) groups is 1. The Balaban J connectivity index is 1.68. The van der Waals surface area contributed by atoms with E-state index >= 15 is 0 Å². The van der Waals surface area contributed by atoms with Crippen molar-refractivity contribution in [2.75, 3.05) is 18.4 Å². The smallest absolute Gasteiger partial charge is 0.267 e. The summed E-state index contributed by atoms with van der Waals surface area (Å²) in [5.41, 5.74) is 2.77. The van der Waals surface area contributed by atoms with Crippen LogP contribution in [0.15, 0.2) is 58.4 Å². The van der Waals surface area contributed by atoms with Crippen LogP contribution in [0.1, 0.15) is 23.6 Å². The number of carbonyl (C=O) groups excluding carboxylic acids is 1. The summed E-state index contributed by atoms with van der Waals surface area (Å²) in [6.07, 6.45) is 4.02. The lowest BCUT2D eigenvalue weighted by molar-refractivity contribution is -0.122. The number of pyridine rings is 1. The number of aromatic nitrogens is 2. The van der Waals surface area contributed by atoms with E-state index in [-0.39, 0.29) is 11.5 Å². The highest BCUT2D eigenvalue weighted by Gasteiger charge is 2.32. The highest BCUT2D eigenvalue weighted by Crippen LogP contribution is 2.33. The predicted molar refractivity (Wildman–Crippen MR) is 130 cm³/mol. The molecule has 1 N–H and O–H groups in total. The van der Waals surface area contributed by atoms with Crippen molar-refractivity contribution in [3.8, 4) is 0 Å². The van der Waals surface area contributed by atoms with Gasteiger partial charge in [-0.15, -0.1) is 0 Å². The van der Waals surface area contributed by atoms with Crippen LogP contribution in [0.2, 0.25) is 0 Å². The molecule has 31 heavy (non-hydrogen) atoms. The lowest BCUT2D eigenvalue weighted by atomic mass is 10.1. The molecule has 0 radical (unpaired) electrons. The Morgan fingerprint density at radius 2 is 1.94 bits per heavy atom. The maximum atomic E-state index is 13.2. The van der Waals surface area contributed by atoms with Crippen molar-refractivity contribution >= 4 is 51.7 Å². The molecule has 1 aliphatic rings. The van der Waals surface area contributed by atoms with E-state index in [1.165, 1.54) is 16.2 Å². The molecular formula is C23H22N4O2S2. The van der Waals surface area contributed by atoms with Crippen molar-refractivity contribution in [1.82, 2.24) is 14.3 Å². The highest BCUT2D eigenvalue weighted by molar-refractivity contribution is 8.26. The second-order valence-electron chi connectivity index (χ2n) is 7.16. The normalized spacial score (nSPS) is 15.3. The van der Waals surface area contributed by atoms with Crippen LogP contribution in [-0.2, 0) is 11.2 Å². The number of amides is 1. The molecule has 158 valence electrons. The largest absolute Gasteiger partial charge is 0.370 e. The van der Waals surface area contributed by atoms with Gasteiger partial charge in [0.25, 0.3) is 11.5 Å². The molecule has 1 aromatic carbocycles. The zero-order valence-electron chi connectivity index (χ0n) is 17.3. The Bertz CT molecular complexity index is 1250. The Hall–Kier alpha value is -2.97. The van der Waals surface area contributed by atoms with Crippen molar-refractivity contribution in [3.05, 3.63) is 80.6 Å². The summed E-state index contributed by atoms with van der Waals surface area (Å²) in [5, 5.41) is 3.16. The Labute approximate surface area is 190 Å². The molecule has 1 amide bonds. The molecular weight excluding hydrogens is 428 g/mol. The van der Waals surface area contributed by atoms with Crippen LogP contribution in [0.25, 0.3) is 11.7 Å². The number of hydrogen-bond acceptors (Lipinski definition) is 6. The molecule has 8 heteroatoms. The first-order chi connectivity index (χ1) is 15.0. The van der Waals surface area contributed by atoms with Crippen LogP contribution >= 0.6 is 24.0 Å². The first-order valence-electron chi connectivity index (χ1n) is 10.0. The van der Waals surface area contributed by atoms with Crippen molar-refractivity contribution in [3.63, 3.8) is 0 Å². The van der Waals surface area contributed by atoms with Gasteiger partial charge in [-0.1, -0.05) is 60.4 Å². The molecule has 0 atom stereocenters. The number of anilines is 1. The highest BCUT2D eigenvalue weighted by atomic mass is 32.2. The van der Waals surface area contributed by atoms with E-state index in [0.717, 1.165) is 11.1 Å². The van der Waals surface area contributed by atoms with E-state index in [4.69, 9.17) is 12.2 Å². The van der Waals surface area contributed by atoms with Gasteiger partial charge in [0.2, 0.25) is 0 Å². The molecule has 2 aromatic heterocycles. The molecule has 1 saturated heterocycles. The maximum Gasteiger partial charge on any atom is 0.267 e. The lowest BCUT2D eigenvalue weighted by Crippen LogP contribution is -2.30. The summed E-state index contributed by atoms with van der Waals surface area (Å²) in [4.78, 5) is 32.9. The summed E-state index contributed by atoms with van der Waals surface area (Å²) >= 11 is 6.67. The Kier molecular flexibility index (Phi) is 6.20. The molecule has 0 saturated carbocycles. The SMILES string of the molecule is CCNc1nc2c(C)cccn2c(=O)c1C=C1SC(=S)N(CCc2ccccc2)C1=O. The summed E-state index contributed by atoms with van der Waals surface area (Å²) in [7, 11) is 0. The molecule has 3 aromatic rings. The van der Waals surface area contributed by atoms with Crippen LogP contribution in [0, 0.1) is 6.92 Å². The van der Waals surface area contributed by atoms with E-state index in [2.05, 4.69) is 10.3 Å². The second kappa shape index (κ2) is 9.03. The summed E-state index contributed by atoms with van der Waals surface area (Å²) in [6.45, 7) is 4.96. The molecule has 3 heterocycles. The number of rotatable bonds is 6. The first kappa shape index (κ1) is 21.3. The number of nitrogens with one attached hydrogen (secondary N) is 1. The third-order valence-electron chi connectivity index (χ3n) is 5.04. The number of thiocarbonyl (C=S) groups is 1. The zero-order chi connectivity index (χ0) is 22.0. The van der Waals surface area contributed by atoms with Crippen molar-refractivity contribution < 1.29 is 4.79 Å². The fourth-order valence-corrected chi connectivity index (χ4v) is 4.74. The van der Waals surface area contributed by atoms with Gasteiger partial charge in [-0.25, -0.2) is 4.98 Å². The molecule has 1 aliphatic heterocycles. The van der Waals surface area contributed by atoms with Crippen molar-refractivity contribution in [2.45, 2.75) is 20.3 Å². The fourth-order valence-electron chi connectivity index (χ4n) is 3.45. The number of benzene rings is 1. The molecule has 0 bridgehead atoms. The number of nitrogens with zero attached hydrogens (tertiary/aromatic N) is 3. The topological polar surface area (TPSA) is 66.7 Å². The van der Waals surface area contributed by atoms with Gasteiger partial charge in [-0.2, -0.15) is 0 Å². The standard InChI is InChI=1S/C23H22N4O2S2/c1-3-24-19-17(21(28)26-12-7-8-15(2)20(26)25-19)14-18-22(29)27(23(30)31-18)13-11-16-9-5-4-6-10-16/h4-10,12,14,24H,3,11,13H2,1-2H3. The molecule has 1 fully saturated rings. The van der Waals surface area contributed by atoms with Crippen LogP contribution in [0.5, 0.6) is 0 Å². The molecule has 6 nitrogen and oxygen atoms in total. The number of fused-ring (bicyclic) bond motifs is 1. The maximum absolute atomic E-state index is 13.2. The zero-order valence-corrected chi connectivity index (χ0v) is 18.9. The Morgan fingerprint density at radius 1 is 1.16 bits per heavy atom. The van der Waals surface area contributed by atoms with Crippen molar-refractivity contribution in [2.24, 2.45) is 0 Å². The monoisotopic (exact) mass is 450 g/mol. The number of carbonyl (C=O) groups is 1. The fraction of sp³-hybridized carbons (Fsp3) is 0.217. The van der Waals surface area contributed by atoms with Gasteiger partial charge in [0, 0.05) is 19.3 Å². The second-order valence-corrected chi connectivity index (χ2v) is 8.84. The third-order valence-corrected chi connectivity index (χ3v) is 6.42. The average molecular weight is 451 g/mol. The van der Waals surface area contributed by atoms with Gasteiger partial charge in [0.1, 0.15) is 15.8 Å². The van der Waals surface area contributed by atoms with Gasteiger partial charge < -0.3 is 5.32 Å². The van der Waals surface area contributed by atoms with E-state index in [0.29, 0.717) is 45.8 Å². The van der Waals surface area contributed by atoms with Crippen molar-refractivity contribution in [1.29, 1.82) is 0 Å². The van der Waals surface area contributed by atoms with Gasteiger partial charge in [0.15, 0.2) is 0 Å². The third kappa shape index (κ3) is 4.26.